The topological polar surface area (TPSA) is 260 Å². The van der Waals surface area contributed by atoms with E-state index >= 15 is 0 Å². The van der Waals surface area contributed by atoms with Crippen molar-refractivity contribution in [2.24, 2.45) is 30.0 Å². The van der Waals surface area contributed by atoms with Crippen LogP contribution in [0.15, 0.2) is 383 Å². The number of benzene rings is 11. The molecule has 0 radical (unpaired) electrons. The summed E-state index contributed by atoms with van der Waals surface area (Å²) in [6.07, 6.45) is 17.6. The molecule has 0 aliphatic carbocycles. The van der Waals surface area contributed by atoms with E-state index in [4.69, 9.17) is 15.8 Å². The van der Waals surface area contributed by atoms with Crippen LogP contribution in [0.25, 0.3) is 134 Å². The number of fused-ring (bicyclic) bond motifs is 6. The standard InChI is InChI=1S/C20H13F3N2.C20H12FN3.3C20H13N3.C19H15N3/c21-20(22,23)17-7-5-13(6-8-17)19-18(2-1-9-25-19)14-3-4-15-11-24-12-16(15)10-14;21-19-9-14(4-5-15(19)10-22)20-18(2-1-7-24-20)13-3-6-16-11-23-12-17(16)8-13;21-11-14-3-1-4-16(9-14)20-19(5-2-8-23-20)15-6-7-17-12-22-13-18(17)10-15;21-11-14-3-5-15(6-4-14)20-19(2-1-9-23-20)16-7-8-17-12-22-13-18(17)10-16;21-11-15-4-1-2-5-19(15)20-18(6-3-9-23-20)14-7-8-16-12-22-13-17(16)10-14;1-13-4-2-6-18(22-13)19-17(5-3-9-21-19)14-7-8-15-11-20-12-16(15)10-14/h1-10,12H,11H2;1-9,12H,11H2;3*1-10,13H,12H2;2-10,12H,11H2,1H3. The Labute approximate surface area is 805 Å². The Hall–Kier alpha value is -18.8. The van der Waals surface area contributed by atoms with Crippen LogP contribution in [0, 0.1) is 58.1 Å². The lowest BCUT2D eigenvalue weighted by Gasteiger charge is -2.11. The van der Waals surface area contributed by atoms with E-state index in [1.165, 1.54) is 74.3 Å². The van der Waals surface area contributed by atoms with E-state index in [1.807, 2.05) is 220 Å². The maximum absolute atomic E-state index is 14.0. The van der Waals surface area contributed by atoms with Crippen molar-refractivity contribution < 1.29 is 17.6 Å². The Balaban J connectivity index is 0.000000107. The summed E-state index contributed by atoms with van der Waals surface area (Å²) in [6.45, 7) is 6.48. The molecular weight excluding hydrogens is 1740 g/mol. The molecule has 18 aromatic rings. The van der Waals surface area contributed by atoms with Gasteiger partial charge in [-0.15, -0.1) is 0 Å². The van der Waals surface area contributed by atoms with Gasteiger partial charge in [-0.3, -0.25) is 64.8 Å². The largest absolute Gasteiger partial charge is 0.416 e. The van der Waals surface area contributed by atoms with Crippen LogP contribution in [-0.2, 0) is 45.4 Å². The van der Waals surface area contributed by atoms with Gasteiger partial charge in [-0.2, -0.15) is 34.2 Å². The second-order valence-corrected chi connectivity index (χ2v) is 33.3. The molecule has 11 aromatic carbocycles. The van der Waals surface area contributed by atoms with Crippen molar-refractivity contribution >= 4 is 37.3 Å². The number of hydrogen-bond donors (Lipinski definition) is 0. The van der Waals surface area contributed by atoms with Crippen LogP contribution in [0.5, 0.6) is 0 Å². The minimum Gasteiger partial charge on any atom is -0.288 e. The molecule has 668 valence electrons. The van der Waals surface area contributed by atoms with Gasteiger partial charge >= 0.3 is 6.18 Å². The summed E-state index contributed by atoms with van der Waals surface area (Å²) >= 11 is 0. The molecular formula is C119H79F4N17. The van der Waals surface area contributed by atoms with E-state index in [1.54, 1.807) is 43.1 Å². The van der Waals surface area contributed by atoms with Gasteiger partial charge in [0.25, 0.3) is 0 Å². The molecule has 0 unspecified atom stereocenters. The molecule has 0 saturated heterocycles. The van der Waals surface area contributed by atoms with Gasteiger partial charge in [0.05, 0.1) is 125 Å². The highest BCUT2D eigenvalue weighted by atomic mass is 19.4. The summed E-state index contributed by atoms with van der Waals surface area (Å²) in [5.41, 5.74) is 39.1. The summed E-state index contributed by atoms with van der Waals surface area (Å²) in [7, 11) is 0. The van der Waals surface area contributed by atoms with Crippen LogP contribution in [0.2, 0.25) is 0 Å². The smallest absolute Gasteiger partial charge is 0.288 e. The lowest BCUT2D eigenvalue weighted by atomic mass is 9.95. The van der Waals surface area contributed by atoms with Gasteiger partial charge in [0.2, 0.25) is 0 Å². The lowest BCUT2D eigenvalue weighted by molar-refractivity contribution is -0.137. The fourth-order valence-corrected chi connectivity index (χ4v) is 17.3. The Morgan fingerprint density at radius 2 is 0.564 bits per heavy atom. The molecule has 0 bridgehead atoms. The number of halogens is 4. The van der Waals surface area contributed by atoms with Crippen molar-refractivity contribution in [3.63, 3.8) is 0 Å². The quantitative estimate of drug-likeness (QED) is 0.104. The van der Waals surface area contributed by atoms with Crippen molar-refractivity contribution in [2.75, 3.05) is 0 Å². The molecule has 0 spiro atoms. The Morgan fingerprint density at radius 3 is 0.929 bits per heavy atom. The molecule has 13 heterocycles. The first-order valence-electron chi connectivity index (χ1n) is 45.0. The average Bonchev–Trinajstić information content (AvgIpc) is 1.37. The monoisotopic (exact) mass is 1820 g/mol. The summed E-state index contributed by atoms with van der Waals surface area (Å²) in [4.78, 5) is 57.4. The van der Waals surface area contributed by atoms with Gasteiger partial charge in [0.15, 0.2) is 0 Å². The second-order valence-electron chi connectivity index (χ2n) is 33.3. The summed E-state index contributed by atoms with van der Waals surface area (Å²) in [6, 6.07) is 108. The van der Waals surface area contributed by atoms with E-state index in [-0.39, 0.29) is 5.56 Å². The number of pyridine rings is 7. The van der Waals surface area contributed by atoms with Gasteiger partial charge in [0, 0.05) is 141 Å². The van der Waals surface area contributed by atoms with Crippen molar-refractivity contribution in [1.29, 1.82) is 21.0 Å². The minimum absolute atomic E-state index is 0.0324. The molecule has 21 heteroatoms. The highest BCUT2D eigenvalue weighted by Crippen LogP contribution is 2.42. The van der Waals surface area contributed by atoms with Crippen molar-refractivity contribution in [2.45, 2.75) is 52.4 Å². The van der Waals surface area contributed by atoms with Crippen LogP contribution in [0.4, 0.5) is 17.6 Å². The zero-order valence-corrected chi connectivity index (χ0v) is 75.3. The van der Waals surface area contributed by atoms with E-state index in [2.05, 4.69) is 186 Å². The molecule has 17 nitrogen and oxygen atoms in total. The normalized spacial score (nSPS) is 12.2. The van der Waals surface area contributed by atoms with Crippen LogP contribution in [-0.4, -0.2) is 72.2 Å². The minimum atomic E-state index is -4.34. The maximum atomic E-state index is 14.0. The molecule has 0 amide bonds. The SMILES string of the molecule is Cc1cccc(-c2ncccc2-c2ccc3c(c2)C=NC3)n1.FC(F)(F)c1ccc(-c2ncccc2-c2ccc3c(c2)C=NC3)cc1.N#Cc1ccc(-c2ncccc2-c2ccc3c(c2)C=NC3)cc1.N#Cc1ccc(-c2ncccc2-c2ccc3c(c2)C=NC3)cc1F.N#Cc1cccc(-c2ncccc2-c2ccc3c(c2)C=NC3)c1.N#Cc1ccccc1-c1ncccc1-c1ccc2c(c1)C=NC2. The van der Waals surface area contributed by atoms with Gasteiger partial charge in [0.1, 0.15) is 11.9 Å². The average molecular weight is 1820 g/mol. The zero-order chi connectivity index (χ0) is 95.8. The zero-order valence-electron chi connectivity index (χ0n) is 75.3. The number of aryl methyl sites for hydroxylation is 1. The molecule has 140 heavy (non-hydrogen) atoms. The van der Waals surface area contributed by atoms with Gasteiger partial charge in [-0.05, 0) is 247 Å². The number of aliphatic imine (C=N–C) groups is 6. The number of alkyl halides is 3. The first kappa shape index (κ1) is 90.3. The van der Waals surface area contributed by atoms with Gasteiger partial charge in [-0.1, -0.05) is 176 Å². The third-order valence-corrected chi connectivity index (χ3v) is 24.4. The molecule has 24 rings (SSSR count). The third-order valence-electron chi connectivity index (χ3n) is 24.4. The molecule has 7 aromatic heterocycles. The summed E-state index contributed by atoms with van der Waals surface area (Å²) in [5, 5.41) is 36.3. The number of rotatable bonds is 12. The van der Waals surface area contributed by atoms with Gasteiger partial charge in [-0.25, -0.2) is 4.39 Å². The van der Waals surface area contributed by atoms with Gasteiger partial charge < -0.3 is 0 Å². The number of nitrogens with zero attached hydrogens (tertiary/aromatic N) is 17. The first-order chi connectivity index (χ1) is 68.6. The molecule has 0 N–H and O–H groups in total. The Kier molecular flexibility index (Phi) is 26.7. The van der Waals surface area contributed by atoms with Crippen molar-refractivity contribution in [3.05, 3.63) is 459 Å². The summed E-state index contributed by atoms with van der Waals surface area (Å²) < 4.78 is 52.3. The Morgan fingerprint density at radius 1 is 0.250 bits per heavy atom. The van der Waals surface area contributed by atoms with E-state index in [0.717, 1.165) is 179 Å². The molecule has 0 atom stereocenters. The number of hydrogen-bond acceptors (Lipinski definition) is 17. The lowest BCUT2D eigenvalue weighted by Crippen LogP contribution is -2.04. The highest BCUT2D eigenvalue weighted by molar-refractivity contribution is 5.96. The number of nitriles is 4. The highest BCUT2D eigenvalue weighted by Gasteiger charge is 2.31. The van der Waals surface area contributed by atoms with E-state index < -0.39 is 17.6 Å². The fourth-order valence-electron chi connectivity index (χ4n) is 17.3. The third kappa shape index (κ3) is 20.2. The van der Waals surface area contributed by atoms with E-state index in [9.17, 15) is 22.8 Å². The van der Waals surface area contributed by atoms with Crippen LogP contribution in [0.1, 0.15) is 100 Å². The van der Waals surface area contributed by atoms with Crippen LogP contribution in [0.3, 0.4) is 0 Å². The first-order valence-corrected chi connectivity index (χ1v) is 45.0. The molecule has 0 saturated carbocycles. The predicted molar refractivity (Wildman–Crippen MR) is 545 cm³/mol. The molecule has 6 aliphatic rings. The Bertz CT molecular complexity index is 8210. The maximum Gasteiger partial charge on any atom is 0.416 e. The number of aromatic nitrogens is 7. The van der Waals surface area contributed by atoms with Crippen LogP contribution < -0.4 is 0 Å². The van der Waals surface area contributed by atoms with Crippen molar-refractivity contribution in [1.82, 2.24) is 34.9 Å². The van der Waals surface area contributed by atoms with E-state index in [0.29, 0.717) is 45.7 Å². The van der Waals surface area contributed by atoms with Crippen LogP contribution >= 0.6 is 0 Å². The second kappa shape index (κ2) is 41.3. The fraction of sp³-hybridized carbons (Fsp3) is 0.0672. The predicted octanol–water partition coefficient (Wildman–Crippen LogP) is 26.4. The van der Waals surface area contributed by atoms with Crippen molar-refractivity contribution in [3.8, 4) is 159 Å². The summed E-state index contributed by atoms with van der Waals surface area (Å²) in [5.74, 6) is -0.535. The molecule has 6 aliphatic heterocycles. The molecule has 0 fully saturated rings.